The van der Waals surface area contributed by atoms with Gasteiger partial charge >= 0.3 is 0 Å². The monoisotopic (exact) mass is 336 g/mol. The molecule has 16 heavy (non-hydrogen) atoms. The predicted octanol–water partition coefficient (Wildman–Crippen LogP) is 3.49. The molecule has 2 N–H and O–H groups in total. The molecule has 0 aromatic heterocycles. The Bertz CT molecular complexity index is 366. The molecular weight excluding hydrogens is 318 g/mol. The summed E-state index contributed by atoms with van der Waals surface area (Å²) in [5.74, 6) is 0.327. The largest absolute Gasteiger partial charge is 0.397 e. The third kappa shape index (κ3) is 3.23. The van der Waals surface area contributed by atoms with E-state index >= 15 is 0 Å². The minimum atomic E-state index is -0.202. The molecule has 1 rings (SSSR count). The maximum atomic E-state index is 13.5. The number of halogens is 2. The molecule has 0 saturated carbocycles. The van der Waals surface area contributed by atoms with E-state index in [-0.39, 0.29) is 5.82 Å². The van der Waals surface area contributed by atoms with E-state index in [1.807, 2.05) is 22.6 Å². The van der Waals surface area contributed by atoms with Gasteiger partial charge in [-0.15, -0.1) is 0 Å². The SMILES string of the molecule is CCN(CC(C)C)c1cc(F)c(I)cc1N. The summed E-state index contributed by atoms with van der Waals surface area (Å²) < 4.78 is 14.1. The Morgan fingerprint density at radius 2 is 2.06 bits per heavy atom. The Morgan fingerprint density at radius 3 is 2.56 bits per heavy atom. The molecule has 0 aliphatic rings. The number of rotatable bonds is 4. The van der Waals surface area contributed by atoms with Gasteiger partial charge in [0.2, 0.25) is 0 Å². The van der Waals surface area contributed by atoms with Crippen molar-refractivity contribution >= 4 is 34.0 Å². The van der Waals surface area contributed by atoms with Gasteiger partial charge in [-0.1, -0.05) is 13.8 Å². The molecule has 2 nitrogen and oxygen atoms in total. The first-order chi connectivity index (χ1) is 7.45. The molecule has 1 aromatic rings. The molecular formula is C12H18FIN2. The molecule has 0 fully saturated rings. The standard InChI is InChI=1S/C12H18FIN2/c1-4-16(7-8(2)3)12-5-9(13)10(14)6-11(12)15/h5-6,8H,4,7,15H2,1-3H3. The van der Waals surface area contributed by atoms with Crippen molar-refractivity contribution in [3.63, 3.8) is 0 Å². The topological polar surface area (TPSA) is 29.3 Å². The molecule has 4 heteroatoms. The highest BCUT2D eigenvalue weighted by atomic mass is 127. The lowest BCUT2D eigenvalue weighted by Gasteiger charge is -2.26. The van der Waals surface area contributed by atoms with Gasteiger partial charge in [0.25, 0.3) is 0 Å². The summed E-state index contributed by atoms with van der Waals surface area (Å²) in [6.07, 6.45) is 0. The highest BCUT2D eigenvalue weighted by Gasteiger charge is 2.12. The van der Waals surface area contributed by atoms with Crippen LogP contribution in [0, 0.1) is 15.3 Å². The molecule has 0 amide bonds. The van der Waals surface area contributed by atoms with E-state index in [0.717, 1.165) is 18.8 Å². The maximum absolute atomic E-state index is 13.5. The summed E-state index contributed by atoms with van der Waals surface area (Å²) in [5, 5.41) is 0. The quantitative estimate of drug-likeness (QED) is 0.674. The highest BCUT2D eigenvalue weighted by Crippen LogP contribution is 2.28. The summed E-state index contributed by atoms with van der Waals surface area (Å²) in [6, 6.07) is 3.22. The van der Waals surface area contributed by atoms with Crippen LogP contribution in [-0.2, 0) is 0 Å². The zero-order valence-electron chi connectivity index (χ0n) is 9.93. The number of benzene rings is 1. The van der Waals surface area contributed by atoms with Gasteiger partial charge in [-0.3, -0.25) is 0 Å². The molecule has 0 aliphatic carbocycles. The summed E-state index contributed by atoms with van der Waals surface area (Å²) >= 11 is 1.95. The van der Waals surface area contributed by atoms with Crippen molar-refractivity contribution in [1.29, 1.82) is 0 Å². The average Bonchev–Trinajstić information content (AvgIpc) is 2.20. The van der Waals surface area contributed by atoms with Gasteiger partial charge in [-0.2, -0.15) is 0 Å². The van der Waals surface area contributed by atoms with E-state index in [0.29, 0.717) is 15.2 Å². The first-order valence-corrected chi connectivity index (χ1v) is 6.53. The van der Waals surface area contributed by atoms with Crippen LogP contribution in [0.1, 0.15) is 20.8 Å². The first-order valence-electron chi connectivity index (χ1n) is 5.45. The van der Waals surface area contributed by atoms with Crippen LogP contribution in [0.15, 0.2) is 12.1 Å². The minimum absolute atomic E-state index is 0.202. The second kappa shape index (κ2) is 5.70. The van der Waals surface area contributed by atoms with Gasteiger partial charge in [-0.25, -0.2) is 4.39 Å². The lowest BCUT2D eigenvalue weighted by atomic mass is 10.1. The van der Waals surface area contributed by atoms with Crippen LogP contribution in [0.5, 0.6) is 0 Å². The van der Waals surface area contributed by atoms with Gasteiger partial charge < -0.3 is 10.6 Å². The van der Waals surface area contributed by atoms with Crippen molar-refractivity contribution in [3.05, 3.63) is 21.5 Å². The Kier molecular flexibility index (Phi) is 4.83. The number of hydrogen-bond donors (Lipinski definition) is 1. The molecule has 90 valence electrons. The van der Waals surface area contributed by atoms with Gasteiger partial charge in [0.1, 0.15) is 5.82 Å². The van der Waals surface area contributed by atoms with Crippen LogP contribution in [0.3, 0.4) is 0 Å². The molecule has 0 radical (unpaired) electrons. The van der Waals surface area contributed by atoms with Crippen LogP contribution >= 0.6 is 22.6 Å². The van der Waals surface area contributed by atoms with Crippen molar-refractivity contribution in [1.82, 2.24) is 0 Å². The first kappa shape index (κ1) is 13.5. The zero-order valence-corrected chi connectivity index (χ0v) is 12.1. The molecule has 0 heterocycles. The van der Waals surface area contributed by atoms with E-state index in [1.54, 1.807) is 6.07 Å². The lowest BCUT2D eigenvalue weighted by Crippen LogP contribution is -2.28. The van der Waals surface area contributed by atoms with Crippen molar-refractivity contribution in [2.24, 2.45) is 5.92 Å². The Balaban J connectivity index is 3.05. The Morgan fingerprint density at radius 1 is 1.44 bits per heavy atom. The van der Waals surface area contributed by atoms with Crippen molar-refractivity contribution in [2.45, 2.75) is 20.8 Å². The summed E-state index contributed by atoms with van der Waals surface area (Å²) in [7, 11) is 0. The summed E-state index contributed by atoms with van der Waals surface area (Å²) in [5.41, 5.74) is 7.38. The van der Waals surface area contributed by atoms with Crippen LogP contribution in [0.4, 0.5) is 15.8 Å². The molecule has 0 unspecified atom stereocenters. The second-order valence-electron chi connectivity index (χ2n) is 4.26. The van der Waals surface area contributed by atoms with Crippen LogP contribution in [0.25, 0.3) is 0 Å². The van der Waals surface area contributed by atoms with E-state index in [1.165, 1.54) is 6.07 Å². The number of anilines is 2. The van der Waals surface area contributed by atoms with E-state index < -0.39 is 0 Å². The number of nitrogens with zero attached hydrogens (tertiary/aromatic N) is 1. The fourth-order valence-electron chi connectivity index (χ4n) is 1.66. The Hall–Kier alpha value is -0.520. The lowest BCUT2D eigenvalue weighted by molar-refractivity contribution is 0.606. The van der Waals surface area contributed by atoms with Crippen molar-refractivity contribution in [3.8, 4) is 0 Å². The van der Waals surface area contributed by atoms with E-state index in [2.05, 4.69) is 25.7 Å². The minimum Gasteiger partial charge on any atom is -0.397 e. The van der Waals surface area contributed by atoms with Crippen molar-refractivity contribution < 1.29 is 4.39 Å². The average molecular weight is 336 g/mol. The van der Waals surface area contributed by atoms with Gasteiger partial charge in [0.15, 0.2) is 0 Å². The normalized spacial score (nSPS) is 10.9. The predicted molar refractivity (Wildman–Crippen MR) is 76.3 cm³/mol. The van der Waals surface area contributed by atoms with E-state index in [4.69, 9.17) is 5.73 Å². The van der Waals surface area contributed by atoms with Gasteiger partial charge in [-0.05, 0) is 41.5 Å². The highest BCUT2D eigenvalue weighted by molar-refractivity contribution is 14.1. The van der Waals surface area contributed by atoms with Gasteiger partial charge in [0.05, 0.1) is 14.9 Å². The maximum Gasteiger partial charge on any atom is 0.138 e. The number of nitrogens with two attached hydrogens (primary N) is 1. The molecule has 0 spiro atoms. The molecule has 0 bridgehead atoms. The third-order valence-electron chi connectivity index (χ3n) is 2.38. The zero-order chi connectivity index (χ0) is 12.3. The summed E-state index contributed by atoms with van der Waals surface area (Å²) in [6.45, 7) is 8.06. The molecule has 0 atom stereocenters. The molecule has 1 aromatic carbocycles. The molecule has 0 aliphatic heterocycles. The smallest absolute Gasteiger partial charge is 0.138 e. The molecule has 0 saturated heterocycles. The Labute approximate surface area is 110 Å². The second-order valence-corrected chi connectivity index (χ2v) is 5.42. The fourth-order valence-corrected chi connectivity index (χ4v) is 2.16. The van der Waals surface area contributed by atoms with Crippen LogP contribution < -0.4 is 10.6 Å². The summed E-state index contributed by atoms with van der Waals surface area (Å²) in [4.78, 5) is 2.11. The fraction of sp³-hybridized carbons (Fsp3) is 0.500. The van der Waals surface area contributed by atoms with Crippen LogP contribution in [0.2, 0.25) is 0 Å². The van der Waals surface area contributed by atoms with Gasteiger partial charge in [0, 0.05) is 19.2 Å². The van der Waals surface area contributed by atoms with E-state index in [9.17, 15) is 4.39 Å². The number of hydrogen-bond acceptors (Lipinski definition) is 2. The number of nitrogen functional groups attached to an aromatic ring is 1. The van der Waals surface area contributed by atoms with Crippen LogP contribution in [-0.4, -0.2) is 13.1 Å². The third-order valence-corrected chi connectivity index (χ3v) is 3.20. The van der Waals surface area contributed by atoms with Crippen molar-refractivity contribution in [2.75, 3.05) is 23.7 Å².